The second-order valence-corrected chi connectivity index (χ2v) is 33.1. The summed E-state index contributed by atoms with van der Waals surface area (Å²) in [4.78, 5) is 105. The van der Waals surface area contributed by atoms with Gasteiger partial charge in [-0.3, -0.25) is 19.6 Å². The Morgan fingerprint density at radius 3 is 1.67 bits per heavy atom. The molecular formula is C96H94Cl3N21O10. The molecule has 0 atom stereocenters. The number of imidazole rings is 2. The molecule has 1 aliphatic heterocycles. The highest BCUT2D eigenvalue weighted by Gasteiger charge is 2.32. The summed E-state index contributed by atoms with van der Waals surface area (Å²) in [6.45, 7) is 11.8. The SMILES string of the molecule is CC(=O)Nc1ccc(Oc2cncc(Cc3cccc(-c4cnco4)c3)n2)c2ccccc12.CC(C)(C)NC(=O)NCCNc1nccc(-c2[nH]c(C3CC3)nc2-c2ccccc2Cl)n1.COc1cc(Cc2cncc(Oc3ccc(NC(C)=O)c4ccccc34)n2)cc(CO)c1CO.O=C1NCCN1CCNc1nccc(-c2[nH]c(C3CC3)nc2-c2cc(Cl)ccc2Cl)n1. The third-order valence-corrected chi connectivity index (χ3v) is 21.7. The van der Waals surface area contributed by atoms with E-state index in [4.69, 9.17) is 63.4 Å². The Morgan fingerprint density at radius 1 is 0.562 bits per heavy atom. The van der Waals surface area contributed by atoms with Gasteiger partial charge in [0.05, 0.1) is 94.5 Å². The largest absolute Gasteiger partial charge is 0.496 e. The van der Waals surface area contributed by atoms with Crippen LogP contribution in [0.5, 0.6) is 29.0 Å². The molecule has 6 amide bonds. The normalized spacial score (nSPS) is 12.7. The molecule has 0 bridgehead atoms. The van der Waals surface area contributed by atoms with Gasteiger partial charge in [0, 0.05) is 168 Å². The fraction of sp³-hybridized carbons (Fsp3) is 0.240. The summed E-state index contributed by atoms with van der Waals surface area (Å²) in [5.74, 6) is 6.70. The quantitative estimate of drug-likeness (QED) is 0.0203. The second kappa shape index (κ2) is 42.0. The number of oxazole rings is 1. The summed E-state index contributed by atoms with van der Waals surface area (Å²) in [6.07, 6.45) is 18.6. The summed E-state index contributed by atoms with van der Waals surface area (Å²) in [5.41, 5.74) is 12.9. The van der Waals surface area contributed by atoms with Crippen molar-refractivity contribution in [2.24, 2.45) is 0 Å². The van der Waals surface area contributed by atoms with Crippen LogP contribution in [0.1, 0.15) is 117 Å². The predicted molar refractivity (Wildman–Crippen MR) is 500 cm³/mol. The first kappa shape index (κ1) is 90.3. The van der Waals surface area contributed by atoms with Crippen molar-refractivity contribution in [2.45, 2.75) is 104 Å². The van der Waals surface area contributed by atoms with E-state index in [1.165, 1.54) is 33.5 Å². The number of nitrogens with zero attached hydrogens (tertiary/aromatic N) is 12. The molecule has 11 N–H and O–H groups in total. The van der Waals surface area contributed by atoms with Crippen molar-refractivity contribution in [3.8, 4) is 85.6 Å². The number of aromatic nitrogens is 13. The number of amides is 6. The number of hydrogen-bond acceptors (Lipinski definition) is 23. The van der Waals surface area contributed by atoms with Crippen LogP contribution in [0.25, 0.3) is 78.2 Å². The average Bonchev–Trinajstić information content (AvgIpc) is 1.62. The van der Waals surface area contributed by atoms with E-state index in [9.17, 15) is 29.4 Å². The molecule has 0 unspecified atom stereocenters. The minimum atomic E-state index is -0.280. The van der Waals surface area contributed by atoms with Gasteiger partial charge in [-0.15, -0.1) is 0 Å². The van der Waals surface area contributed by atoms with E-state index in [1.807, 2.05) is 160 Å². The van der Waals surface area contributed by atoms with E-state index >= 15 is 0 Å². The summed E-state index contributed by atoms with van der Waals surface area (Å²) >= 11 is 19.2. The van der Waals surface area contributed by atoms with E-state index in [-0.39, 0.29) is 42.6 Å². The van der Waals surface area contributed by atoms with Crippen molar-refractivity contribution in [3.05, 3.63) is 274 Å². The van der Waals surface area contributed by atoms with Crippen molar-refractivity contribution in [1.29, 1.82) is 0 Å². The Bertz CT molecular complexity index is 6540. The van der Waals surface area contributed by atoms with Crippen molar-refractivity contribution >= 4 is 103 Å². The number of aromatic amines is 2. The summed E-state index contributed by atoms with van der Waals surface area (Å²) < 4.78 is 22.9. The Morgan fingerprint density at radius 2 is 1.13 bits per heavy atom. The number of urea groups is 2. The Labute approximate surface area is 763 Å². The highest BCUT2D eigenvalue weighted by molar-refractivity contribution is 6.35. The molecule has 2 aliphatic carbocycles. The average molecular weight is 1810 g/mol. The molecule has 3 aliphatic rings. The second-order valence-electron chi connectivity index (χ2n) is 31.8. The van der Waals surface area contributed by atoms with Crippen LogP contribution in [0, 0.1) is 0 Å². The maximum Gasteiger partial charge on any atom is 0.317 e. The van der Waals surface area contributed by atoms with Crippen LogP contribution in [0.3, 0.4) is 0 Å². The molecular weight excluding hydrogens is 1710 g/mol. The minimum absolute atomic E-state index is 0.0374. The first-order valence-corrected chi connectivity index (χ1v) is 43.3. The summed E-state index contributed by atoms with van der Waals surface area (Å²) in [5, 5.41) is 45.1. The molecule has 8 aromatic carbocycles. The van der Waals surface area contributed by atoms with Crippen LogP contribution in [0.15, 0.2) is 218 Å². The number of H-pyrrole nitrogens is 2. The lowest BCUT2D eigenvalue weighted by Gasteiger charge is -2.20. The molecule has 3 fully saturated rings. The first-order chi connectivity index (χ1) is 63.0. The van der Waals surface area contributed by atoms with Gasteiger partial charge in [0.15, 0.2) is 12.2 Å². The predicted octanol–water partition coefficient (Wildman–Crippen LogP) is 18.3. The van der Waals surface area contributed by atoms with Crippen molar-refractivity contribution in [1.82, 2.24) is 85.6 Å². The molecule has 31 nitrogen and oxygen atoms in total. The van der Waals surface area contributed by atoms with Gasteiger partial charge in [0.1, 0.15) is 28.9 Å². The van der Waals surface area contributed by atoms with E-state index in [0.717, 1.165) is 132 Å². The number of methoxy groups -OCH3 is 1. The Balaban J connectivity index is 0.000000133. The highest BCUT2D eigenvalue weighted by atomic mass is 35.5. The van der Waals surface area contributed by atoms with Crippen LogP contribution in [-0.2, 0) is 35.6 Å². The minimum Gasteiger partial charge on any atom is -0.496 e. The zero-order valence-electron chi connectivity index (χ0n) is 71.9. The number of carbonyl (C=O) groups excluding carboxylic acids is 4. The molecule has 34 heteroatoms. The van der Waals surface area contributed by atoms with Gasteiger partial charge in [0.25, 0.3) is 0 Å². The van der Waals surface area contributed by atoms with Crippen molar-refractivity contribution in [2.75, 3.05) is 67.6 Å². The number of carbonyl (C=O) groups is 4. The summed E-state index contributed by atoms with van der Waals surface area (Å²) in [7, 11) is 1.52. The lowest BCUT2D eigenvalue weighted by Crippen LogP contribution is -2.47. The van der Waals surface area contributed by atoms with Gasteiger partial charge in [-0.05, 0) is 136 Å². The van der Waals surface area contributed by atoms with Crippen molar-refractivity contribution in [3.63, 3.8) is 0 Å². The topological polar surface area (TPSA) is 410 Å². The van der Waals surface area contributed by atoms with Gasteiger partial charge in [-0.1, -0.05) is 126 Å². The number of rotatable bonds is 28. The van der Waals surface area contributed by atoms with Crippen LogP contribution in [-0.4, -0.2) is 156 Å². The Kier molecular flexibility index (Phi) is 29.1. The fourth-order valence-electron chi connectivity index (χ4n) is 14.5. The van der Waals surface area contributed by atoms with E-state index in [2.05, 4.69) is 92.0 Å². The third kappa shape index (κ3) is 23.6. The van der Waals surface area contributed by atoms with E-state index in [1.54, 1.807) is 66.3 Å². The number of anilines is 4. The monoisotopic (exact) mass is 1810 g/mol. The number of ether oxygens (including phenoxy) is 3. The smallest absolute Gasteiger partial charge is 0.317 e. The van der Waals surface area contributed by atoms with Gasteiger partial charge in [-0.25, -0.2) is 54.4 Å². The molecule has 664 valence electrons. The van der Waals surface area contributed by atoms with Gasteiger partial charge >= 0.3 is 12.1 Å². The molecule has 130 heavy (non-hydrogen) atoms. The zero-order chi connectivity index (χ0) is 90.8. The molecule has 0 spiro atoms. The van der Waals surface area contributed by atoms with Gasteiger partial charge in [-0.2, -0.15) is 0 Å². The zero-order valence-corrected chi connectivity index (χ0v) is 74.2. The number of aliphatic hydroxyl groups excluding tert-OH is 2. The lowest BCUT2D eigenvalue weighted by atomic mass is 10.0. The number of aliphatic hydroxyl groups is 2. The maximum atomic E-state index is 11.9. The van der Waals surface area contributed by atoms with Crippen molar-refractivity contribution < 1.29 is 48.0 Å². The highest BCUT2D eigenvalue weighted by Crippen LogP contribution is 2.46. The van der Waals surface area contributed by atoms with E-state index < -0.39 is 0 Å². The molecule has 2 saturated carbocycles. The van der Waals surface area contributed by atoms with Crippen LogP contribution in [0.2, 0.25) is 15.1 Å². The Hall–Kier alpha value is -14.5. The summed E-state index contributed by atoms with van der Waals surface area (Å²) in [6, 6.07) is 50.7. The molecule has 0 radical (unpaired) electrons. The lowest BCUT2D eigenvalue weighted by molar-refractivity contribution is -0.115. The first-order valence-electron chi connectivity index (χ1n) is 42.1. The van der Waals surface area contributed by atoms with Gasteiger partial charge < -0.3 is 80.9 Å². The number of nitrogens with one attached hydrogen (secondary N) is 9. The number of fused-ring (bicyclic) bond motifs is 2. The molecule has 7 aromatic heterocycles. The number of benzene rings is 8. The standard InChI is InChI=1S/C26H20N4O3.C26H25N3O5.C23H28ClN7O.C21H21Cl2N7O/c1-17(31)29-23-9-10-24(22-8-3-2-7-21(22)23)33-26-15-27-13-20(30-26)12-18-5-4-6-19(11-18)25-14-28-16-32-25;1-16(32)28-23-7-8-24(21-6-4-3-5-20(21)23)34-26-13-27-12-19(29-26)10-17-9-18(14-30)22(15-31)25(11-17)33-2;1-23(2,3)31-22(32)27-13-12-26-21-25-11-10-17(28-21)19-18(15-6-4-5-7-16(15)24)29-20(30-19)14-8-9-14;22-13-3-4-15(23)14(11-13)17-18(29-19(28-17)12-1-2-12)16-5-6-24-20(27-16)25-7-9-30-10-8-26-21(30)31/h2-11,13-16H,12H2,1H3,(H,29,31);3-9,11-13,30-31H,10,14-15H2,1-2H3,(H,28,32);4-7,10-11,14H,8-9,12-13H2,1-3H3,(H,29,30)(H,25,26,28)(H2,27,31,32);3-6,11-12H,1-2,7-10H2,(H,26,31)(H,28,29)(H,24,25,27). The van der Waals surface area contributed by atoms with Gasteiger partial charge in [0.2, 0.25) is 35.5 Å². The molecule has 18 rings (SSSR count). The third-order valence-electron chi connectivity index (χ3n) is 20.8. The van der Waals surface area contributed by atoms with E-state index in [0.29, 0.717) is 148 Å². The van der Waals surface area contributed by atoms with Crippen LogP contribution < -0.4 is 51.4 Å². The molecule has 8 heterocycles. The molecule has 1 saturated heterocycles. The molecule has 15 aromatic rings. The number of hydrogen-bond donors (Lipinski definition) is 11. The number of halogens is 3. The van der Waals surface area contributed by atoms with Crippen LogP contribution in [0.4, 0.5) is 32.9 Å². The maximum absolute atomic E-state index is 11.9. The fourth-order valence-corrected chi connectivity index (χ4v) is 15.1. The van der Waals surface area contributed by atoms with Crippen LogP contribution >= 0.6 is 34.8 Å².